The fraction of sp³-hybridized carbons (Fsp3) is 0.294. The largest absolute Gasteiger partial charge is 0.497 e. The summed E-state index contributed by atoms with van der Waals surface area (Å²) in [5.41, 5.74) is 2.87. The molecule has 7 heteroatoms. The van der Waals surface area contributed by atoms with E-state index in [4.69, 9.17) is 9.26 Å². The Bertz CT molecular complexity index is 801. The molecule has 1 N–H and O–H groups in total. The lowest BCUT2D eigenvalue weighted by Crippen LogP contribution is -2.22. The van der Waals surface area contributed by atoms with Crippen LogP contribution in [0.3, 0.4) is 0 Å². The van der Waals surface area contributed by atoms with E-state index in [0.717, 1.165) is 11.3 Å². The maximum Gasteiger partial charge on any atom is 0.136 e. The zero-order chi connectivity index (χ0) is 17.1. The predicted octanol–water partition coefficient (Wildman–Crippen LogP) is 3.41. The van der Waals surface area contributed by atoms with Gasteiger partial charge < -0.3 is 9.26 Å². The summed E-state index contributed by atoms with van der Waals surface area (Å²) in [5, 5.41) is 10.9. The summed E-state index contributed by atoms with van der Waals surface area (Å²) in [5.74, 6) is 0.126. The maximum atomic E-state index is 14.3. The van der Waals surface area contributed by atoms with Gasteiger partial charge in [-0.2, -0.15) is 5.10 Å². The van der Waals surface area contributed by atoms with E-state index in [9.17, 15) is 4.39 Å². The third-order valence-electron chi connectivity index (χ3n) is 4.13. The Balaban J connectivity index is 1.83. The van der Waals surface area contributed by atoms with Crippen LogP contribution in [0.25, 0.3) is 11.3 Å². The summed E-state index contributed by atoms with van der Waals surface area (Å²) in [6.07, 6.45) is 3.26. The number of methoxy groups -OCH3 is 1. The maximum absolute atomic E-state index is 14.3. The van der Waals surface area contributed by atoms with Gasteiger partial charge in [-0.05, 0) is 26.1 Å². The fourth-order valence-electron chi connectivity index (χ4n) is 2.56. The van der Waals surface area contributed by atoms with Gasteiger partial charge in [0.1, 0.15) is 23.5 Å². The first-order valence-corrected chi connectivity index (χ1v) is 7.56. The average molecular weight is 330 g/mol. The van der Waals surface area contributed by atoms with Gasteiger partial charge in [-0.15, -0.1) is 0 Å². The number of aromatic amines is 1. The second kappa shape index (κ2) is 6.84. The molecule has 0 radical (unpaired) electrons. The molecule has 3 aromatic rings. The van der Waals surface area contributed by atoms with Crippen molar-refractivity contribution in [2.75, 3.05) is 14.2 Å². The Morgan fingerprint density at radius 3 is 2.88 bits per heavy atom. The summed E-state index contributed by atoms with van der Waals surface area (Å²) >= 11 is 0. The Morgan fingerprint density at radius 2 is 2.21 bits per heavy atom. The van der Waals surface area contributed by atoms with Crippen LogP contribution in [0.2, 0.25) is 0 Å². The first-order valence-electron chi connectivity index (χ1n) is 7.56. The molecule has 0 bridgehead atoms. The van der Waals surface area contributed by atoms with Crippen LogP contribution in [0.15, 0.2) is 41.2 Å². The molecule has 6 nitrogen and oxygen atoms in total. The number of H-pyrrole nitrogens is 1. The summed E-state index contributed by atoms with van der Waals surface area (Å²) in [6, 6.07) is 6.67. The molecule has 1 atom stereocenters. The number of nitrogens with zero attached hydrogens (tertiary/aromatic N) is 3. The molecule has 0 spiro atoms. The molecule has 1 aromatic carbocycles. The number of aromatic nitrogens is 3. The van der Waals surface area contributed by atoms with E-state index in [1.54, 1.807) is 24.6 Å². The molecular formula is C17H19FN4O2. The van der Waals surface area contributed by atoms with E-state index in [-0.39, 0.29) is 11.9 Å². The van der Waals surface area contributed by atoms with Gasteiger partial charge >= 0.3 is 0 Å². The second-order valence-electron chi connectivity index (χ2n) is 5.63. The molecule has 24 heavy (non-hydrogen) atoms. The quantitative estimate of drug-likeness (QED) is 0.750. The number of hydrogen-bond donors (Lipinski definition) is 1. The minimum absolute atomic E-state index is 0.0622. The molecule has 0 aliphatic heterocycles. The molecule has 0 aliphatic carbocycles. The van der Waals surface area contributed by atoms with E-state index in [0.29, 0.717) is 23.6 Å². The topological polar surface area (TPSA) is 67.2 Å². The van der Waals surface area contributed by atoms with E-state index in [1.165, 1.54) is 13.2 Å². The first kappa shape index (κ1) is 16.2. The minimum atomic E-state index is -0.355. The molecule has 2 aromatic heterocycles. The van der Waals surface area contributed by atoms with Gasteiger partial charge in [0.15, 0.2) is 0 Å². The summed E-state index contributed by atoms with van der Waals surface area (Å²) in [6.45, 7) is 2.62. The average Bonchev–Trinajstić information content (AvgIpc) is 3.25. The SMILES string of the molecule is COc1ccc(-c2[nH]ncc2CN(C)[C@H](C)c2ccon2)c(F)c1. The summed E-state index contributed by atoms with van der Waals surface area (Å²) < 4.78 is 24.3. The highest BCUT2D eigenvalue weighted by atomic mass is 19.1. The number of ether oxygens (including phenoxy) is 1. The zero-order valence-electron chi connectivity index (χ0n) is 13.8. The second-order valence-corrected chi connectivity index (χ2v) is 5.63. The molecular weight excluding hydrogens is 311 g/mol. The third-order valence-corrected chi connectivity index (χ3v) is 4.13. The van der Waals surface area contributed by atoms with Gasteiger partial charge in [-0.25, -0.2) is 4.39 Å². The Kier molecular flexibility index (Phi) is 4.61. The molecule has 2 heterocycles. The van der Waals surface area contributed by atoms with E-state index in [2.05, 4.69) is 20.3 Å². The first-order chi connectivity index (χ1) is 11.6. The highest BCUT2D eigenvalue weighted by molar-refractivity contribution is 5.64. The third kappa shape index (κ3) is 3.16. The van der Waals surface area contributed by atoms with Crippen LogP contribution in [0, 0.1) is 5.82 Å². The molecule has 0 unspecified atom stereocenters. The van der Waals surface area contributed by atoms with Crippen molar-refractivity contribution in [3.63, 3.8) is 0 Å². The van der Waals surface area contributed by atoms with Gasteiger partial charge in [0.2, 0.25) is 0 Å². The van der Waals surface area contributed by atoms with Crippen LogP contribution >= 0.6 is 0 Å². The van der Waals surface area contributed by atoms with Crippen LogP contribution in [0.1, 0.15) is 24.2 Å². The lowest BCUT2D eigenvalue weighted by molar-refractivity contribution is 0.241. The van der Waals surface area contributed by atoms with Crippen molar-refractivity contribution in [3.05, 3.63) is 53.8 Å². The molecule has 3 rings (SSSR count). The molecule has 0 saturated heterocycles. The van der Waals surface area contributed by atoms with Gasteiger partial charge in [0.25, 0.3) is 0 Å². The van der Waals surface area contributed by atoms with Crippen LogP contribution < -0.4 is 4.74 Å². The van der Waals surface area contributed by atoms with Crippen molar-refractivity contribution in [1.29, 1.82) is 0 Å². The number of nitrogens with one attached hydrogen (secondary N) is 1. The van der Waals surface area contributed by atoms with Crippen molar-refractivity contribution >= 4 is 0 Å². The zero-order valence-corrected chi connectivity index (χ0v) is 13.8. The Labute approximate surface area is 139 Å². The highest BCUT2D eigenvalue weighted by Gasteiger charge is 2.19. The molecule has 0 saturated carbocycles. The molecule has 126 valence electrons. The van der Waals surface area contributed by atoms with E-state index in [1.807, 2.05) is 20.0 Å². The Hall–Kier alpha value is -2.67. The van der Waals surface area contributed by atoms with Crippen molar-refractivity contribution in [2.24, 2.45) is 0 Å². The number of rotatable bonds is 6. The van der Waals surface area contributed by atoms with Gasteiger partial charge in [-0.3, -0.25) is 10.00 Å². The minimum Gasteiger partial charge on any atom is -0.497 e. The van der Waals surface area contributed by atoms with Crippen LogP contribution in [-0.4, -0.2) is 34.4 Å². The van der Waals surface area contributed by atoms with Crippen molar-refractivity contribution in [1.82, 2.24) is 20.3 Å². The predicted molar refractivity (Wildman–Crippen MR) is 86.9 cm³/mol. The normalized spacial score (nSPS) is 12.5. The monoisotopic (exact) mass is 330 g/mol. The summed E-state index contributed by atoms with van der Waals surface area (Å²) in [7, 11) is 3.48. The van der Waals surface area contributed by atoms with Gasteiger partial charge in [0, 0.05) is 29.8 Å². The van der Waals surface area contributed by atoms with Crippen LogP contribution in [0.4, 0.5) is 4.39 Å². The lowest BCUT2D eigenvalue weighted by Gasteiger charge is -2.22. The number of hydrogen-bond acceptors (Lipinski definition) is 5. The van der Waals surface area contributed by atoms with E-state index >= 15 is 0 Å². The highest BCUT2D eigenvalue weighted by Crippen LogP contribution is 2.29. The lowest BCUT2D eigenvalue weighted by atomic mass is 10.1. The molecule has 0 fully saturated rings. The van der Waals surface area contributed by atoms with Crippen molar-refractivity contribution in [2.45, 2.75) is 19.5 Å². The van der Waals surface area contributed by atoms with Crippen molar-refractivity contribution < 1.29 is 13.7 Å². The van der Waals surface area contributed by atoms with Crippen LogP contribution in [0.5, 0.6) is 5.75 Å². The smallest absolute Gasteiger partial charge is 0.136 e. The molecule has 0 aliphatic rings. The van der Waals surface area contributed by atoms with Gasteiger partial charge in [-0.1, -0.05) is 5.16 Å². The van der Waals surface area contributed by atoms with Crippen molar-refractivity contribution in [3.8, 4) is 17.0 Å². The van der Waals surface area contributed by atoms with Gasteiger partial charge in [0.05, 0.1) is 25.0 Å². The number of benzene rings is 1. The standard InChI is InChI=1S/C17H19FN4O2/c1-11(16-6-7-24-21-16)22(2)10-12-9-19-20-17(12)14-5-4-13(23-3)8-15(14)18/h4-9,11H,10H2,1-3H3,(H,19,20)/t11-/m1/s1. The fourth-order valence-corrected chi connectivity index (χ4v) is 2.56. The summed E-state index contributed by atoms with van der Waals surface area (Å²) in [4.78, 5) is 2.09. The van der Waals surface area contributed by atoms with Crippen LogP contribution in [-0.2, 0) is 6.54 Å². The van der Waals surface area contributed by atoms with E-state index < -0.39 is 0 Å². The number of halogens is 1. The Morgan fingerprint density at radius 1 is 1.38 bits per heavy atom. The molecule has 0 amide bonds.